The zero-order valence-corrected chi connectivity index (χ0v) is 9.66. The standard InChI is InChI=1S/C10H14N4S/c1-7(11)3-10-13-9(6-15-10)8-4-12-14(2)5-8/h4-7H,3,11H2,1-2H3. The van der Waals surface area contributed by atoms with E-state index in [0.29, 0.717) is 0 Å². The van der Waals surface area contributed by atoms with Crippen molar-refractivity contribution in [2.45, 2.75) is 19.4 Å². The molecular formula is C10H14N4S. The quantitative estimate of drug-likeness (QED) is 0.854. The monoisotopic (exact) mass is 222 g/mol. The SMILES string of the molecule is CC(N)Cc1nc(-c2cnn(C)c2)cs1. The molecule has 1 atom stereocenters. The van der Waals surface area contributed by atoms with Gasteiger partial charge in [-0.05, 0) is 6.92 Å². The van der Waals surface area contributed by atoms with Crippen LogP contribution in [0.15, 0.2) is 17.8 Å². The summed E-state index contributed by atoms with van der Waals surface area (Å²) >= 11 is 1.65. The molecule has 80 valence electrons. The molecule has 2 N–H and O–H groups in total. The highest BCUT2D eigenvalue weighted by Gasteiger charge is 2.07. The van der Waals surface area contributed by atoms with E-state index in [2.05, 4.69) is 15.5 Å². The van der Waals surface area contributed by atoms with Gasteiger partial charge in [-0.25, -0.2) is 4.98 Å². The van der Waals surface area contributed by atoms with Gasteiger partial charge in [0.2, 0.25) is 0 Å². The molecule has 0 saturated carbocycles. The van der Waals surface area contributed by atoms with Gasteiger partial charge in [-0.15, -0.1) is 11.3 Å². The highest BCUT2D eigenvalue weighted by Crippen LogP contribution is 2.21. The maximum atomic E-state index is 5.73. The molecule has 5 heteroatoms. The Kier molecular flexibility index (Phi) is 2.83. The summed E-state index contributed by atoms with van der Waals surface area (Å²) in [6, 6.07) is 0.165. The topological polar surface area (TPSA) is 56.7 Å². The van der Waals surface area contributed by atoms with E-state index >= 15 is 0 Å². The molecule has 0 aliphatic rings. The molecule has 15 heavy (non-hydrogen) atoms. The highest BCUT2D eigenvalue weighted by molar-refractivity contribution is 7.09. The summed E-state index contributed by atoms with van der Waals surface area (Å²) in [5.41, 5.74) is 7.78. The Balaban J connectivity index is 2.20. The minimum Gasteiger partial charge on any atom is -0.328 e. The van der Waals surface area contributed by atoms with Crippen LogP contribution in [0.25, 0.3) is 11.3 Å². The van der Waals surface area contributed by atoms with Gasteiger partial charge in [0.1, 0.15) is 0 Å². The summed E-state index contributed by atoms with van der Waals surface area (Å²) in [5.74, 6) is 0. The average molecular weight is 222 g/mol. The fourth-order valence-corrected chi connectivity index (χ4v) is 2.31. The summed E-state index contributed by atoms with van der Waals surface area (Å²) in [7, 11) is 1.90. The predicted molar refractivity (Wildman–Crippen MR) is 61.7 cm³/mol. The number of aryl methyl sites for hydroxylation is 1. The number of hydrogen-bond acceptors (Lipinski definition) is 4. The number of rotatable bonds is 3. The molecule has 0 aliphatic heterocycles. The normalized spacial score (nSPS) is 13.0. The average Bonchev–Trinajstić information content (AvgIpc) is 2.72. The fourth-order valence-electron chi connectivity index (χ4n) is 1.37. The van der Waals surface area contributed by atoms with E-state index < -0.39 is 0 Å². The van der Waals surface area contributed by atoms with Gasteiger partial charge in [0.15, 0.2) is 0 Å². The Morgan fingerprint density at radius 2 is 2.40 bits per heavy atom. The number of nitrogens with two attached hydrogens (primary N) is 1. The van der Waals surface area contributed by atoms with Crippen molar-refractivity contribution in [2.24, 2.45) is 12.8 Å². The predicted octanol–water partition coefficient (Wildman–Crippen LogP) is 1.43. The summed E-state index contributed by atoms with van der Waals surface area (Å²) in [5, 5.41) is 7.26. The van der Waals surface area contributed by atoms with Gasteiger partial charge in [0.05, 0.1) is 16.9 Å². The number of aromatic nitrogens is 3. The van der Waals surface area contributed by atoms with Crippen molar-refractivity contribution in [1.29, 1.82) is 0 Å². The Hall–Kier alpha value is -1.20. The Morgan fingerprint density at radius 1 is 1.60 bits per heavy atom. The number of thiazole rings is 1. The van der Waals surface area contributed by atoms with Gasteiger partial charge < -0.3 is 5.73 Å². The van der Waals surface area contributed by atoms with Gasteiger partial charge in [0, 0.05) is 36.7 Å². The summed E-state index contributed by atoms with van der Waals surface area (Å²) in [6.07, 6.45) is 4.63. The van der Waals surface area contributed by atoms with Crippen LogP contribution in [-0.4, -0.2) is 20.8 Å². The lowest BCUT2D eigenvalue weighted by atomic mass is 10.2. The first kappa shape index (κ1) is 10.3. The van der Waals surface area contributed by atoms with E-state index in [1.807, 2.05) is 26.4 Å². The molecule has 0 saturated heterocycles. The van der Waals surface area contributed by atoms with Crippen molar-refractivity contribution < 1.29 is 0 Å². The Morgan fingerprint density at radius 3 is 3.00 bits per heavy atom. The van der Waals surface area contributed by atoms with Crippen molar-refractivity contribution in [3.63, 3.8) is 0 Å². The van der Waals surface area contributed by atoms with Crippen LogP contribution in [0, 0.1) is 0 Å². The minimum atomic E-state index is 0.165. The molecule has 2 heterocycles. The van der Waals surface area contributed by atoms with Gasteiger partial charge in [-0.2, -0.15) is 5.10 Å². The van der Waals surface area contributed by atoms with E-state index in [9.17, 15) is 0 Å². The number of hydrogen-bond donors (Lipinski definition) is 1. The van der Waals surface area contributed by atoms with Crippen molar-refractivity contribution in [3.05, 3.63) is 22.8 Å². The first-order chi connectivity index (χ1) is 7.15. The number of nitrogens with zero attached hydrogens (tertiary/aromatic N) is 3. The highest BCUT2D eigenvalue weighted by atomic mass is 32.1. The largest absolute Gasteiger partial charge is 0.328 e. The van der Waals surface area contributed by atoms with E-state index in [1.165, 1.54) is 0 Å². The second-order valence-corrected chi connectivity index (χ2v) is 4.65. The van der Waals surface area contributed by atoms with Crippen LogP contribution >= 0.6 is 11.3 Å². The third-order valence-corrected chi connectivity index (χ3v) is 2.92. The van der Waals surface area contributed by atoms with Crippen molar-refractivity contribution in [3.8, 4) is 11.3 Å². The maximum Gasteiger partial charge on any atom is 0.0947 e. The Bertz CT molecular complexity index is 444. The lowest BCUT2D eigenvalue weighted by Crippen LogP contribution is -2.17. The van der Waals surface area contributed by atoms with Crippen LogP contribution in [0.2, 0.25) is 0 Å². The molecule has 0 bridgehead atoms. The van der Waals surface area contributed by atoms with Crippen LogP contribution in [0.5, 0.6) is 0 Å². The van der Waals surface area contributed by atoms with Crippen LogP contribution in [-0.2, 0) is 13.5 Å². The molecule has 0 aliphatic carbocycles. The van der Waals surface area contributed by atoms with Crippen molar-refractivity contribution >= 4 is 11.3 Å². The lowest BCUT2D eigenvalue weighted by Gasteiger charge is -1.98. The first-order valence-electron chi connectivity index (χ1n) is 4.84. The molecule has 0 aromatic carbocycles. The zero-order chi connectivity index (χ0) is 10.8. The summed E-state index contributed by atoms with van der Waals surface area (Å²) in [6.45, 7) is 1.99. The van der Waals surface area contributed by atoms with E-state index in [0.717, 1.165) is 22.7 Å². The van der Waals surface area contributed by atoms with E-state index in [4.69, 9.17) is 5.73 Å². The molecule has 0 amide bonds. The van der Waals surface area contributed by atoms with Crippen molar-refractivity contribution in [1.82, 2.24) is 14.8 Å². The van der Waals surface area contributed by atoms with Crippen LogP contribution in [0.1, 0.15) is 11.9 Å². The molecule has 0 fully saturated rings. The zero-order valence-electron chi connectivity index (χ0n) is 8.84. The van der Waals surface area contributed by atoms with Crippen molar-refractivity contribution in [2.75, 3.05) is 0 Å². The van der Waals surface area contributed by atoms with Gasteiger partial charge in [-0.3, -0.25) is 4.68 Å². The third-order valence-electron chi connectivity index (χ3n) is 2.05. The van der Waals surface area contributed by atoms with Crippen LogP contribution < -0.4 is 5.73 Å². The third kappa shape index (κ3) is 2.43. The summed E-state index contributed by atoms with van der Waals surface area (Å²) in [4.78, 5) is 4.52. The second-order valence-electron chi connectivity index (χ2n) is 3.71. The molecule has 1 unspecified atom stereocenters. The first-order valence-corrected chi connectivity index (χ1v) is 5.72. The fraction of sp³-hybridized carbons (Fsp3) is 0.400. The minimum absolute atomic E-state index is 0.165. The van der Waals surface area contributed by atoms with Crippen LogP contribution in [0.4, 0.5) is 0 Å². The molecule has 2 rings (SSSR count). The smallest absolute Gasteiger partial charge is 0.0947 e. The lowest BCUT2D eigenvalue weighted by molar-refractivity contribution is 0.734. The second kappa shape index (κ2) is 4.12. The van der Waals surface area contributed by atoms with Crippen LogP contribution in [0.3, 0.4) is 0 Å². The van der Waals surface area contributed by atoms with Gasteiger partial charge >= 0.3 is 0 Å². The Labute approximate surface area is 92.8 Å². The van der Waals surface area contributed by atoms with Gasteiger partial charge in [0.25, 0.3) is 0 Å². The van der Waals surface area contributed by atoms with Gasteiger partial charge in [-0.1, -0.05) is 0 Å². The van der Waals surface area contributed by atoms with E-state index in [-0.39, 0.29) is 6.04 Å². The molecule has 2 aromatic heterocycles. The molecule has 4 nitrogen and oxygen atoms in total. The summed E-state index contributed by atoms with van der Waals surface area (Å²) < 4.78 is 1.78. The molecular weight excluding hydrogens is 208 g/mol. The maximum absolute atomic E-state index is 5.73. The molecule has 0 spiro atoms. The van der Waals surface area contributed by atoms with E-state index in [1.54, 1.807) is 16.0 Å². The molecule has 0 radical (unpaired) electrons. The molecule has 2 aromatic rings.